The van der Waals surface area contributed by atoms with Crippen LogP contribution in [0.1, 0.15) is 38.7 Å². The Kier molecular flexibility index (Phi) is 6.85. The summed E-state index contributed by atoms with van der Waals surface area (Å²) >= 11 is 0. The van der Waals surface area contributed by atoms with Gasteiger partial charge in [-0.25, -0.2) is 0 Å². The van der Waals surface area contributed by atoms with E-state index >= 15 is 0 Å². The van der Waals surface area contributed by atoms with E-state index in [4.69, 9.17) is 4.74 Å². The van der Waals surface area contributed by atoms with Crippen molar-refractivity contribution >= 4 is 5.97 Å². The molecule has 0 saturated heterocycles. The number of carbonyl (C=O) groups excluding carboxylic acids is 1. The summed E-state index contributed by atoms with van der Waals surface area (Å²) in [7, 11) is 0. The Bertz CT molecular complexity index is 368. The minimum atomic E-state index is -0.172. The first-order valence-corrected chi connectivity index (χ1v) is 6.62. The fraction of sp³-hybridized carbons (Fsp3) is 0.438. The van der Waals surface area contributed by atoms with E-state index in [1.165, 1.54) is 12.8 Å². The average Bonchev–Trinajstić information content (AvgIpc) is 2.35. The van der Waals surface area contributed by atoms with Crippen LogP contribution in [0.15, 0.2) is 42.5 Å². The Hall–Kier alpha value is -1.57. The van der Waals surface area contributed by atoms with Gasteiger partial charge in [0.1, 0.15) is 6.10 Å². The molecule has 18 heavy (non-hydrogen) atoms. The Morgan fingerprint density at radius 1 is 1.33 bits per heavy atom. The van der Waals surface area contributed by atoms with Crippen LogP contribution in [-0.4, -0.2) is 12.1 Å². The standard InChI is InChI=1S/C16H22O2/c1-3-4-5-7-10-14(2)18-16(17)13-15-11-8-6-9-12-15/h6-12,14H,3-5,13H2,1-2H3/b10-7+. The summed E-state index contributed by atoms with van der Waals surface area (Å²) in [4.78, 5) is 11.7. The van der Waals surface area contributed by atoms with Gasteiger partial charge in [-0.15, -0.1) is 0 Å². The fourth-order valence-electron chi connectivity index (χ4n) is 1.66. The SMILES string of the molecule is CCCC/C=C/C(C)OC(=O)Cc1ccccc1. The maximum atomic E-state index is 11.7. The van der Waals surface area contributed by atoms with E-state index in [-0.39, 0.29) is 12.1 Å². The lowest BCUT2D eigenvalue weighted by Gasteiger charge is -2.09. The molecule has 0 aliphatic heterocycles. The maximum absolute atomic E-state index is 11.7. The molecule has 98 valence electrons. The number of carbonyl (C=O) groups is 1. The number of unbranched alkanes of at least 4 members (excludes halogenated alkanes) is 2. The third kappa shape index (κ3) is 6.24. The first-order valence-electron chi connectivity index (χ1n) is 6.62. The summed E-state index contributed by atoms with van der Waals surface area (Å²) in [5, 5.41) is 0. The van der Waals surface area contributed by atoms with Crippen LogP contribution < -0.4 is 0 Å². The average molecular weight is 246 g/mol. The van der Waals surface area contributed by atoms with E-state index in [1.807, 2.05) is 43.3 Å². The predicted molar refractivity (Wildman–Crippen MR) is 74.4 cm³/mol. The highest BCUT2D eigenvalue weighted by Crippen LogP contribution is 2.04. The topological polar surface area (TPSA) is 26.3 Å². The second kappa shape index (κ2) is 8.51. The van der Waals surface area contributed by atoms with E-state index < -0.39 is 0 Å². The van der Waals surface area contributed by atoms with Gasteiger partial charge < -0.3 is 4.74 Å². The van der Waals surface area contributed by atoms with Crippen molar-refractivity contribution in [2.24, 2.45) is 0 Å². The van der Waals surface area contributed by atoms with E-state index in [1.54, 1.807) is 0 Å². The molecule has 0 aliphatic carbocycles. The highest BCUT2D eigenvalue weighted by atomic mass is 16.5. The highest BCUT2D eigenvalue weighted by molar-refractivity contribution is 5.72. The van der Waals surface area contributed by atoms with E-state index in [2.05, 4.69) is 13.0 Å². The van der Waals surface area contributed by atoms with Crippen LogP contribution in [0, 0.1) is 0 Å². The molecule has 1 atom stereocenters. The molecule has 0 amide bonds. The van der Waals surface area contributed by atoms with Gasteiger partial charge in [-0.1, -0.05) is 56.2 Å². The molecule has 0 aromatic heterocycles. The number of esters is 1. The van der Waals surface area contributed by atoms with Crippen LogP contribution in [-0.2, 0) is 16.0 Å². The Labute approximate surface area is 110 Å². The Morgan fingerprint density at radius 2 is 2.06 bits per heavy atom. The number of rotatable bonds is 7. The van der Waals surface area contributed by atoms with Gasteiger partial charge in [-0.05, 0) is 25.0 Å². The molecule has 2 heteroatoms. The summed E-state index contributed by atoms with van der Waals surface area (Å²) in [6, 6.07) is 9.66. The normalized spacial score (nSPS) is 12.6. The van der Waals surface area contributed by atoms with Crippen LogP contribution in [0.5, 0.6) is 0 Å². The molecule has 0 saturated carbocycles. The third-order valence-electron chi connectivity index (χ3n) is 2.64. The van der Waals surface area contributed by atoms with Crippen molar-refractivity contribution in [1.29, 1.82) is 0 Å². The first-order chi connectivity index (χ1) is 8.72. The summed E-state index contributed by atoms with van der Waals surface area (Å²) in [5.41, 5.74) is 0.990. The van der Waals surface area contributed by atoms with Gasteiger partial charge in [-0.2, -0.15) is 0 Å². The van der Waals surface area contributed by atoms with E-state index in [0.29, 0.717) is 6.42 Å². The van der Waals surface area contributed by atoms with Gasteiger partial charge in [0.25, 0.3) is 0 Å². The zero-order valence-electron chi connectivity index (χ0n) is 11.3. The molecular weight excluding hydrogens is 224 g/mol. The van der Waals surface area contributed by atoms with Crippen molar-refractivity contribution in [3.05, 3.63) is 48.0 Å². The molecule has 0 heterocycles. The van der Waals surface area contributed by atoms with E-state index in [0.717, 1.165) is 12.0 Å². The molecule has 0 bridgehead atoms. The number of hydrogen-bond acceptors (Lipinski definition) is 2. The maximum Gasteiger partial charge on any atom is 0.310 e. The first kappa shape index (κ1) is 14.5. The Balaban J connectivity index is 2.29. The number of hydrogen-bond donors (Lipinski definition) is 0. The molecule has 0 spiro atoms. The van der Waals surface area contributed by atoms with Gasteiger partial charge in [0.2, 0.25) is 0 Å². The fourth-order valence-corrected chi connectivity index (χ4v) is 1.66. The van der Waals surface area contributed by atoms with Gasteiger partial charge in [0.15, 0.2) is 0 Å². The van der Waals surface area contributed by atoms with Crippen molar-refractivity contribution in [3.63, 3.8) is 0 Å². The van der Waals surface area contributed by atoms with Crippen LogP contribution in [0.4, 0.5) is 0 Å². The third-order valence-corrected chi connectivity index (χ3v) is 2.64. The lowest BCUT2D eigenvalue weighted by atomic mass is 10.1. The number of benzene rings is 1. The van der Waals surface area contributed by atoms with Gasteiger partial charge in [0.05, 0.1) is 6.42 Å². The van der Waals surface area contributed by atoms with E-state index in [9.17, 15) is 4.79 Å². The number of allylic oxidation sites excluding steroid dienone is 1. The molecule has 1 rings (SSSR count). The van der Waals surface area contributed by atoms with Crippen LogP contribution in [0.2, 0.25) is 0 Å². The van der Waals surface area contributed by atoms with Crippen molar-refractivity contribution in [1.82, 2.24) is 0 Å². The Morgan fingerprint density at radius 3 is 2.72 bits per heavy atom. The molecule has 0 aliphatic rings. The van der Waals surface area contributed by atoms with Crippen molar-refractivity contribution in [2.45, 2.75) is 45.6 Å². The largest absolute Gasteiger partial charge is 0.458 e. The molecule has 0 radical (unpaired) electrons. The zero-order valence-corrected chi connectivity index (χ0v) is 11.3. The quantitative estimate of drug-likeness (QED) is 0.414. The smallest absolute Gasteiger partial charge is 0.310 e. The molecular formula is C16H22O2. The van der Waals surface area contributed by atoms with Gasteiger partial charge in [0, 0.05) is 0 Å². The van der Waals surface area contributed by atoms with Crippen molar-refractivity contribution in [2.75, 3.05) is 0 Å². The van der Waals surface area contributed by atoms with Gasteiger partial charge in [-0.3, -0.25) is 4.79 Å². The molecule has 1 aromatic carbocycles. The van der Waals surface area contributed by atoms with Gasteiger partial charge >= 0.3 is 5.97 Å². The molecule has 1 unspecified atom stereocenters. The minimum absolute atomic E-state index is 0.141. The van der Waals surface area contributed by atoms with Crippen molar-refractivity contribution in [3.8, 4) is 0 Å². The summed E-state index contributed by atoms with van der Waals surface area (Å²) < 4.78 is 5.31. The van der Waals surface area contributed by atoms with Crippen LogP contribution >= 0.6 is 0 Å². The predicted octanol–water partition coefficient (Wildman–Crippen LogP) is 3.91. The molecule has 1 aromatic rings. The highest BCUT2D eigenvalue weighted by Gasteiger charge is 2.07. The second-order valence-corrected chi connectivity index (χ2v) is 4.43. The molecule has 2 nitrogen and oxygen atoms in total. The molecule has 0 N–H and O–H groups in total. The second-order valence-electron chi connectivity index (χ2n) is 4.43. The zero-order chi connectivity index (χ0) is 13.2. The lowest BCUT2D eigenvalue weighted by molar-refractivity contribution is -0.145. The number of ether oxygens (including phenoxy) is 1. The summed E-state index contributed by atoms with van der Waals surface area (Å²) in [6.07, 6.45) is 7.67. The lowest BCUT2D eigenvalue weighted by Crippen LogP contribution is -2.14. The summed E-state index contributed by atoms with van der Waals surface area (Å²) in [5.74, 6) is -0.172. The minimum Gasteiger partial charge on any atom is -0.458 e. The summed E-state index contributed by atoms with van der Waals surface area (Å²) in [6.45, 7) is 4.06. The monoisotopic (exact) mass is 246 g/mol. The molecule has 0 fully saturated rings. The van der Waals surface area contributed by atoms with Crippen molar-refractivity contribution < 1.29 is 9.53 Å². The van der Waals surface area contributed by atoms with Crippen LogP contribution in [0.25, 0.3) is 0 Å². The van der Waals surface area contributed by atoms with Crippen LogP contribution in [0.3, 0.4) is 0 Å².